The Hall–Kier alpha value is -1.56. The number of amides is 1. The van der Waals surface area contributed by atoms with E-state index in [1.165, 1.54) is 7.11 Å². The normalized spacial score (nSPS) is 14.2. The molecule has 0 unspecified atom stereocenters. The summed E-state index contributed by atoms with van der Waals surface area (Å²) in [4.78, 5) is 23.3. The molecule has 0 spiro atoms. The lowest BCUT2D eigenvalue weighted by Gasteiger charge is -2.25. The summed E-state index contributed by atoms with van der Waals surface area (Å²) in [5.74, 6) is -0.595. The van der Waals surface area contributed by atoms with E-state index >= 15 is 0 Å². The number of carbonyl (C=O) groups excluding carboxylic acids is 2. The van der Waals surface area contributed by atoms with Gasteiger partial charge in [0.05, 0.1) is 19.8 Å². The van der Waals surface area contributed by atoms with Crippen LogP contribution in [0.5, 0.6) is 0 Å². The predicted molar refractivity (Wildman–Crippen MR) is 70.8 cm³/mol. The second kappa shape index (κ2) is 7.78. The average molecular weight is 273 g/mol. The molecule has 2 atom stereocenters. The van der Waals surface area contributed by atoms with Gasteiger partial charge >= 0.3 is 12.1 Å². The van der Waals surface area contributed by atoms with E-state index < -0.39 is 29.8 Å². The van der Waals surface area contributed by atoms with Crippen LogP contribution >= 0.6 is 0 Å². The summed E-state index contributed by atoms with van der Waals surface area (Å²) >= 11 is 0. The Morgan fingerprint density at radius 3 is 2.37 bits per heavy atom. The highest BCUT2D eigenvalue weighted by atomic mass is 16.6. The van der Waals surface area contributed by atoms with Gasteiger partial charge in [0.2, 0.25) is 0 Å². The Balaban J connectivity index is 4.63. The molecule has 6 nitrogen and oxygen atoms in total. The Morgan fingerprint density at radius 2 is 1.95 bits per heavy atom. The maximum Gasteiger partial charge on any atom is 0.408 e. The average Bonchev–Trinajstić information content (AvgIpc) is 2.29. The van der Waals surface area contributed by atoms with Crippen LogP contribution in [0.1, 0.15) is 27.7 Å². The maximum atomic E-state index is 11.7. The van der Waals surface area contributed by atoms with Crippen molar-refractivity contribution in [3.8, 4) is 0 Å². The van der Waals surface area contributed by atoms with Crippen LogP contribution < -0.4 is 5.32 Å². The zero-order chi connectivity index (χ0) is 15.1. The smallest absolute Gasteiger partial charge is 0.408 e. The molecule has 0 aliphatic rings. The molecular formula is C13H23NO5. The van der Waals surface area contributed by atoms with E-state index in [1.54, 1.807) is 33.8 Å². The first-order valence-corrected chi connectivity index (χ1v) is 6.01. The molecule has 110 valence electrons. The molecule has 0 rings (SSSR count). The fraction of sp³-hybridized carbons (Fsp3) is 0.692. The Morgan fingerprint density at radius 1 is 1.37 bits per heavy atom. The third kappa shape index (κ3) is 7.46. The van der Waals surface area contributed by atoms with Crippen molar-refractivity contribution >= 4 is 12.1 Å². The highest BCUT2D eigenvalue weighted by Crippen LogP contribution is 2.08. The standard InChI is InChI=1S/C13H23NO5/c1-7-8-18-9(2)10(11(15)17-6)14-12(16)19-13(3,4)5/h7,9-10H,1,8H2,2-6H3,(H,14,16)/t9-,10+/m1/s1. The van der Waals surface area contributed by atoms with E-state index in [-0.39, 0.29) is 6.61 Å². The van der Waals surface area contributed by atoms with Crippen molar-refractivity contribution in [2.24, 2.45) is 0 Å². The van der Waals surface area contributed by atoms with E-state index in [9.17, 15) is 9.59 Å². The maximum absolute atomic E-state index is 11.7. The van der Waals surface area contributed by atoms with Crippen LogP contribution in [-0.2, 0) is 19.0 Å². The van der Waals surface area contributed by atoms with Gasteiger partial charge in [0.15, 0.2) is 6.04 Å². The van der Waals surface area contributed by atoms with Gasteiger partial charge in [-0.1, -0.05) is 6.08 Å². The lowest BCUT2D eigenvalue weighted by molar-refractivity contribution is -0.146. The fourth-order valence-electron chi connectivity index (χ4n) is 1.25. The van der Waals surface area contributed by atoms with E-state index in [2.05, 4.69) is 16.6 Å². The van der Waals surface area contributed by atoms with Gasteiger partial charge in [0.25, 0.3) is 0 Å². The summed E-state index contributed by atoms with van der Waals surface area (Å²) in [6.45, 7) is 10.6. The summed E-state index contributed by atoms with van der Waals surface area (Å²) in [5, 5.41) is 2.44. The van der Waals surface area contributed by atoms with Crippen molar-refractivity contribution in [3.63, 3.8) is 0 Å². The summed E-state index contributed by atoms with van der Waals surface area (Å²) in [6, 6.07) is -0.931. The Kier molecular flexibility index (Phi) is 7.14. The summed E-state index contributed by atoms with van der Waals surface area (Å²) in [6.07, 6.45) is 0.299. The number of carbonyl (C=O) groups is 2. The van der Waals surface area contributed by atoms with Crippen LogP contribution in [0.2, 0.25) is 0 Å². The Labute approximate surface area is 114 Å². The van der Waals surface area contributed by atoms with Crippen molar-refractivity contribution in [2.45, 2.75) is 45.4 Å². The molecule has 0 fully saturated rings. The molecule has 0 aromatic rings. The molecule has 0 radical (unpaired) electrons. The van der Waals surface area contributed by atoms with Crippen LogP contribution in [0.15, 0.2) is 12.7 Å². The number of alkyl carbamates (subject to hydrolysis) is 1. The number of rotatable bonds is 6. The minimum absolute atomic E-state index is 0.269. The molecule has 0 heterocycles. The van der Waals surface area contributed by atoms with Crippen LogP contribution in [0.4, 0.5) is 4.79 Å². The predicted octanol–water partition coefficient (Wildman–Crippen LogP) is 1.64. The summed E-state index contributed by atoms with van der Waals surface area (Å²) in [5.41, 5.74) is -0.643. The first-order valence-electron chi connectivity index (χ1n) is 6.01. The van der Waals surface area contributed by atoms with Crippen molar-refractivity contribution in [1.29, 1.82) is 0 Å². The minimum atomic E-state index is -0.931. The van der Waals surface area contributed by atoms with Gasteiger partial charge in [-0.3, -0.25) is 0 Å². The van der Waals surface area contributed by atoms with Crippen molar-refractivity contribution in [1.82, 2.24) is 5.32 Å². The summed E-state index contributed by atoms with van der Waals surface area (Å²) < 4.78 is 15.0. The number of nitrogens with one attached hydrogen (secondary N) is 1. The molecule has 19 heavy (non-hydrogen) atoms. The van der Waals surface area contributed by atoms with E-state index in [0.29, 0.717) is 0 Å². The molecular weight excluding hydrogens is 250 g/mol. The fourth-order valence-corrected chi connectivity index (χ4v) is 1.25. The SMILES string of the molecule is C=CCO[C@H](C)[C@H](NC(=O)OC(C)(C)C)C(=O)OC. The quantitative estimate of drug-likeness (QED) is 0.588. The van der Waals surface area contributed by atoms with E-state index in [4.69, 9.17) is 9.47 Å². The Bertz CT molecular complexity index is 321. The number of ether oxygens (including phenoxy) is 3. The molecule has 6 heteroatoms. The van der Waals surface area contributed by atoms with E-state index in [1.807, 2.05) is 0 Å². The molecule has 0 aliphatic heterocycles. The van der Waals surface area contributed by atoms with Gasteiger partial charge in [-0.05, 0) is 27.7 Å². The van der Waals surface area contributed by atoms with Crippen molar-refractivity contribution in [3.05, 3.63) is 12.7 Å². The lowest BCUT2D eigenvalue weighted by atomic mass is 10.2. The number of methoxy groups -OCH3 is 1. The van der Waals surface area contributed by atoms with Gasteiger partial charge in [0.1, 0.15) is 5.60 Å². The van der Waals surface area contributed by atoms with Crippen LogP contribution in [0.25, 0.3) is 0 Å². The summed E-state index contributed by atoms with van der Waals surface area (Å²) in [7, 11) is 1.24. The van der Waals surface area contributed by atoms with E-state index in [0.717, 1.165) is 0 Å². The van der Waals surface area contributed by atoms with Crippen molar-refractivity contribution < 1.29 is 23.8 Å². The highest BCUT2D eigenvalue weighted by molar-refractivity contribution is 5.82. The van der Waals surface area contributed by atoms with Gasteiger partial charge in [-0.2, -0.15) is 0 Å². The molecule has 0 aliphatic carbocycles. The lowest BCUT2D eigenvalue weighted by Crippen LogP contribution is -2.50. The first-order chi connectivity index (χ1) is 8.71. The topological polar surface area (TPSA) is 73.9 Å². The third-order valence-corrected chi connectivity index (χ3v) is 2.07. The number of hydrogen-bond donors (Lipinski definition) is 1. The molecule has 0 saturated carbocycles. The zero-order valence-electron chi connectivity index (χ0n) is 12.2. The second-order valence-electron chi connectivity index (χ2n) is 4.97. The molecule has 0 aromatic carbocycles. The molecule has 0 saturated heterocycles. The van der Waals surface area contributed by atoms with Gasteiger partial charge < -0.3 is 19.5 Å². The van der Waals surface area contributed by atoms with Crippen molar-refractivity contribution in [2.75, 3.05) is 13.7 Å². The largest absolute Gasteiger partial charge is 0.467 e. The molecule has 1 amide bonds. The third-order valence-electron chi connectivity index (χ3n) is 2.07. The number of esters is 1. The second-order valence-corrected chi connectivity index (χ2v) is 4.97. The minimum Gasteiger partial charge on any atom is -0.467 e. The van der Waals surface area contributed by atoms with Gasteiger partial charge in [-0.25, -0.2) is 9.59 Å². The van der Waals surface area contributed by atoms with Crippen LogP contribution in [0, 0.1) is 0 Å². The van der Waals surface area contributed by atoms with Crippen LogP contribution in [-0.4, -0.2) is 43.5 Å². The first kappa shape index (κ1) is 17.4. The van der Waals surface area contributed by atoms with Crippen LogP contribution in [0.3, 0.4) is 0 Å². The molecule has 1 N–H and O–H groups in total. The zero-order valence-corrected chi connectivity index (χ0v) is 12.2. The van der Waals surface area contributed by atoms with Gasteiger partial charge in [-0.15, -0.1) is 6.58 Å². The van der Waals surface area contributed by atoms with Gasteiger partial charge in [0, 0.05) is 0 Å². The monoisotopic (exact) mass is 273 g/mol. The highest BCUT2D eigenvalue weighted by Gasteiger charge is 2.30. The molecule has 0 bridgehead atoms. The number of hydrogen-bond acceptors (Lipinski definition) is 5. The molecule has 0 aromatic heterocycles.